The molecule has 0 aliphatic carbocycles. The number of aromatic nitrogens is 3. The molecule has 0 unspecified atom stereocenters. The molecule has 0 amide bonds. The number of nitrogens with one attached hydrogen (secondary N) is 3. The lowest BCUT2D eigenvalue weighted by Gasteiger charge is -2.11. The van der Waals surface area contributed by atoms with E-state index < -0.39 is 0 Å². The molecule has 162 valence electrons. The molecule has 0 radical (unpaired) electrons. The number of methoxy groups -OCH3 is 2. The summed E-state index contributed by atoms with van der Waals surface area (Å²) in [5, 5.41) is 13.7. The minimum Gasteiger partial charge on any atom is -0.493 e. The van der Waals surface area contributed by atoms with Gasteiger partial charge in [0.25, 0.3) is 0 Å². The number of benzene rings is 1. The molecule has 0 fully saturated rings. The first-order valence-electron chi connectivity index (χ1n) is 9.41. The van der Waals surface area contributed by atoms with E-state index in [1.165, 1.54) is 0 Å². The van der Waals surface area contributed by atoms with Gasteiger partial charge in [-0.15, -0.1) is 24.0 Å². The van der Waals surface area contributed by atoms with Crippen molar-refractivity contribution in [1.82, 2.24) is 25.8 Å². The van der Waals surface area contributed by atoms with E-state index in [1.807, 2.05) is 37.3 Å². The Hall–Kier alpha value is -2.76. The average Bonchev–Trinajstić information content (AvgIpc) is 3.43. The predicted molar refractivity (Wildman–Crippen MR) is 126 cm³/mol. The molecule has 0 bridgehead atoms. The minimum absolute atomic E-state index is 0. The summed E-state index contributed by atoms with van der Waals surface area (Å²) in [6.07, 6.45) is 2.28. The van der Waals surface area contributed by atoms with Gasteiger partial charge in [-0.2, -0.15) is 5.10 Å². The number of guanidine groups is 1. The van der Waals surface area contributed by atoms with Crippen molar-refractivity contribution in [3.63, 3.8) is 0 Å². The highest BCUT2D eigenvalue weighted by Gasteiger charge is 2.08. The Labute approximate surface area is 192 Å². The second-order valence-electron chi connectivity index (χ2n) is 6.14. The lowest BCUT2D eigenvalue weighted by Crippen LogP contribution is -2.38. The second-order valence-corrected chi connectivity index (χ2v) is 6.14. The number of halogens is 1. The van der Waals surface area contributed by atoms with Gasteiger partial charge in [-0.1, -0.05) is 6.07 Å². The molecule has 0 aliphatic heterocycles. The Kier molecular flexibility index (Phi) is 9.45. The molecule has 30 heavy (non-hydrogen) atoms. The van der Waals surface area contributed by atoms with Crippen LogP contribution in [-0.4, -0.2) is 48.5 Å². The first kappa shape index (κ1) is 23.5. The summed E-state index contributed by atoms with van der Waals surface area (Å²) in [5.74, 6) is 4.10. The van der Waals surface area contributed by atoms with E-state index in [0.717, 1.165) is 23.9 Å². The maximum atomic E-state index is 5.35. The van der Waals surface area contributed by atoms with E-state index in [-0.39, 0.29) is 24.0 Å². The summed E-state index contributed by atoms with van der Waals surface area (Å²) in [6, 6.07) is 9.42. The van der Waals surface area contributed by atoms with Crippen LogP contribution < -0.4 is 20.1 Å². The fourth-order valence-electron chi connectivity index (χ4n) is 2.71. The highest BCUT2D eigenvalue weighted by atomic mass is 127. The quantitative estimate of drug-likeness (QED) is 0.224. The van der Waals surface area contributed by atoms with Crippen LogP contribution in [0.2, 0.25) is 0 Å². The number of nitrogens with zero attached hydrogens (tertiary/aromatic N) is 3. The lowest BCUT2D eigenvalue weighted by molar-refractivity contribution is 0.354. The molecule has 0 aliphatic rings. The highest BCUT2D eigenvalue weighted by molar-refractivity contribution is 14.0. The van der Waals surface area contributed by atoms with Crippen LogP contribution in [0.15, 0.2) is 46.0 Å². The zero-order chi connectivity index (χ0) is 20.5. The van der Waals surface area contributed by atoms with E-state index >= 15 is 0 Å². The maximum Gasteiger partial charge on any atom is 0.216 e. The first-order valence-corrected chi connectivity index (χ1v) is 9.41. The Morgan fingerprint density at radius 3 is 2.70 bits per heavy atom. The number of H-pyrrole nitrogens is 1. The summed E-state index contributed by atoms with van der Waals surface area (Å²) in [4.78, 5) is 9.07. The summed E-state index contributed by atoms with van der Waals surface area (Å²) in [6.45, 7) is 3.97. The summed E-state index contributed by atoms with van der Waals surface area (Å²) >= 11 is 0. The Morgan fingerprint density at radius 2 is 2.00 bits per heavy atom. The van der Waals surface area contributed by atoms with Crippen LogP contribution in [0.25, 0.3) is 11.6 Å². The summed E-state index contributed by atoms with van der Waals surface area (Å²) < 4.78 is 15.9. The number of hydrogen-bond acceptors (Lipinski definition) is 6. The van der Waals surface area contributed by atoms with Crippen LogP contribution in [-0.2, 0) is 13.0 Å². The van der Waals surface area contributed by atoms with Gasteiger partial charge in [-0.25, -0.2) is 9.98 Å². The number of hydrogen-bond donors (Lipinski definition) is 3. The Morgan fingerprint density at radius 1 is 1.17 bits per heavy atom. The van der Waals surface area contributed by atoms with Gasteiger partial charge >= 0.3 is 0 Å². The molecule has 0 saturated heterocycles. The number of aliphatic imine (C=N–C) groups is 1. The molecular formula is C20H27IN6O3. The largest absolute Gasteiger partial charge is 0.493 e. The molecule has 2 aromatic heterocycles. The topological polar surface area (TPSA) is 110 Å². The van der Waals surface area contributed by atoms with Gasteiger partial charge in [0.05, 0.1) is 27.0 Å². The monoisotopic (exact) mass is 526 g/mol. The predicted octanol–water partition coefficient (Wildman–Crippen LogP) is 3.00. The zero-order valence-electron chi connectivity index (χ0n) is 17.3. The van der Waals surface area contributed by atoms with Crippen LogP contribution in [0.3, 0.4) is 0 Å². The third kappa shape index (κ3) is 6.37. The van der Waals surface area contributed by atoms with Crippen molar-refractivity contribution in [2.75, 3.05) is 27.3 Å². The minimum atomic E-state index is 0. The third-order valence-electron chi connectivity index (χ3n) is 4.14. The average molecular weight is 526 g/mol. The normalized spacial score (nSPS) is 11.0. The van der Waals surface area contributed by atoms with E-state index in [9.17, 15) is 0 Å². The van der Waals surface area contributed by atoms with Gasteiger partial charge in [0.15, 0.2) is 23.2 Å². The van der Waals surface area contributed by atoms with E-state index in [2.05, 4.69) is 30.8 Å². The number of ether oxygens (including phenoxy) is 2. The molecule has 3 aromatic rings. The number of aromatic amines is 1. The van der Waals surface area contributed by atoms with Gasteiger partial charge in [0.1, 0.15) is 5.82 Å². The van der Waals surface area contributed by atoms with Crippen LogP contribution in [0.5, 0.6) is 11.5 Å². The van der Waals surface area contributed by atoms with Crippen molar-refractivity contribution in [3.05, 3.63) is 48.0 Å². The van der Waals surface area contributed by atoms with Crippen molar-refractivity contribution >= 4 is 29.9 Å². The van der Waals surface area contributed by atoms with Crippen molar-refractivity contribution < 1.29 is 13.9 Å². The zero-order valence-corrected chi connectivity index (χ0v) is 19.6. The van der Waals surface area contributed by atoms with Gasteiger partial charge in [-0.3, -0.25) is 5.10 Å². The Balaban J connectivity index is 0.00000320. The first-order chi connectivity index (χ1) is 14.2. The molecule has 10 heteroatoms. The fourth-order valence-corrected chi connectivity index (χ4v) is 2.71. The van der Waals surface area contributed by atoms with E-state index in [0.29, 0.717) is 42.6 Å². The molecule has 3 rings (SSSR count). The smallest absolute Gasteiger partial charge is 0.216 e. The maximum absolute atomic E-state index is 5.35. The van der Waals surface area contributed by atoms with E-state index in [1.54, 1.807) is 20.5 Å². The van der Waals surface area contributed by atoms with Gasteiger partial charge < -0.3 is 24.5 Å². The van der Waals surface area contributed by atoms with Crippen LogP contribution in [0.4, 0.5) is 0 Å². The molecular weight excluding hydrogens is 499 g/mol. The van der Waals surface area contributed by atoms with Crippen molar-refractivity contribution in [1.29, 1.82) is 0 Å². The molecule has 0 spiro atoms. The second kappa shape index (κ2) is 12.1. The number of rotatable bonds is 9. The molecule has 3 N–H and O–H groups in total. The van der Waals surface area contributed by atoms with Gasteiger partial charge in [0, 0.05) is 19.5 Å². The molecule has 0 atom stereocenters. The van der Waals surface area contributed by atoms with Gasteiger partial charge in [-0.05, 0) is 36.8 Å². The van der Waals surface area contributed by atoms with Crippen molar-refractivity contribution in [3.8, 4) is 23.1 Å². The molecule has 2 heterocycles. The van der Waals surface area contributed by atoms with Crippen LogP contribution >= 0.6 is 24.0 Å². The van der Waals surface area contributed by atoms with Crippen LogP contribution in [0, 0.1) is 0 Å². The highest BCUT2D eigenvalue weighted by Crippen LogP contribution is 2.27. The van der Waals surface area contributed by atoms with Crippen LogP contribution in [0.1, 0.15) is 18.3 Å². The lowest BCUT2D eigenvalue weighted by atomic mass is 10.2. The SMILES string of the molecule is CCNC(=NCc1ccc(OC)c(OC)c1)NCCc1nc(-c2ccco2)n[nH]1.I. The van der Waals surface area contributed by atoms with Crippen molar-refractivity contribution in [2.45, 2.75) is 19.9 Å². The molecule has 0 saturated carbocycles. The Bertz CT molecular complexity index is 927. The van der Waals surface area contributed by atoms with Crippen molar-refractivity contribution in [2.24, 2.45) is 4.99 Å². The molecule has 9 nitrogen and oxygen atoms in total. The molecule has 1 aromatic carbocycles. The summed E-state index contributed by atoms with van der Waals surface area (Å²) in [7, 11) is 3.24. The number of furan rings is 1. The summed E-state index contributed by atoms with van der Waals surface area (Å²) in [5.41, 5.74) is 1.03. The van der Waals surface area contributed by atoms with E-state index in [4.69, 9.17) is 13.9 Å². The van der Waals surface area contributed by atoms with Gasteiger partial charge in [0.2, 0.25) is 5.82 Å². The third-order valence-corrected chi connectivity index (χ3v) is 4.14. The fraction of sp³-hybridized carbons (Fsp3) is 0.350. The standard InChI is InChI=1S/C20H26N6O3.HI/c1-4-21-20(23-13-14-7-8-15(27-2)17(12-14)28-3)22-10-9-18-24-19(26-25-18)16-6-5-11-29-16;/h5-8,11-12H,4,9-10,13H2,1-3H3,(H2,21,22,23)(H,24,25,26);1H.